The lowest BCUT2D eigenvalue weighted by Gasteiger charge is -2.37. The molecule has 0 saturated carbocycles. The van der Waals surface area contributed by atoms with Crippen molar-refractivity contribution in [3.8, 4) is 0 Å². The van der Waals surface area contributed by atoms with Gasteiger partial charge in [0, 0.05) is 12.6 Å². The Morgan fingerprint density at radius 2 is 1.32 bits per heavy atom. The van der Waals surface area contributed by atoms with Crippen LogP contribution in [0, 0.1) is 0 Å². The van der Waals surface area contributed by atoms with Gasteiger partial charge in [-0.1, -0.05) is 91.0 Å². The molecule has 1 aromatic heterocycles. The number of nitrogens with zero attached hydrogens (tertiary/aromatic N) is 2. The molecule has 0 fully saturated rings. The van der Waals surface area contributed by atoms with Crippen LogP contribution in [0.3, 0.4) is 0 Å². The van der Waals surface area contributed by atoms with Crippen LogP contribution in [0.4, 0.5) is 0 Å². The van der Waals surface area contributed by atoms with Gasteiger partial charge in [0.2, 0.25) is 0 Å². The van der Waals surface area contributed by atoms with Gasteiger partial charge in [-0.3, -0.25) is 4.79 Å². The van der Waals surface area contributed by atoms with Crippen molar-refractivity contribution in [3.05, 3.63) is 126 Å². The summed E-state index contributed by atoms with van der Waals surface area (Å²) in [5.74, 6) is -0.197. The molecule has 4 heteroatoms. The number of rotatable bonds is 8. The first kappa shape index (κ1) is 20.6. The van der Waals surface area contributed by atoms with E-state index in [-0.39, 0.29) is 5.97 Å². The van der Waals surface area contributed by atoms with Crippen LogP contribution in [0.15, 0.2) is 104 Å². The predicted molar refractivity (Wildman–Crippen MR) is 122 cm³/mol. The van der Waals surface area contributed by atoms with Crippen molar-refractivity contribution in [2.75, 3.05) is 6.61 Å². The first-order valence-electron chi connectivity index (χ1n) is 10.6. The normalized spacial score (nSPS) is 11.3. The maximum Gasteiger partial charge on any atom is 0.306 e. The fraction of sp³-hybridized carbons (Fsp3) is 0.185. The summed E-state index contributed by atoms with van der Waals surface area (Å²) >= 11 is 0. The number of carbonyl (C=O) groups excluding carboxylic acids is 1. The highest BCUT2D eigenvalue weighted by molar-refractivity contribution is 5.69. The summed E-state index contributed by atoms with van der Waals surface area (Å²) in [4.78, 5) is 16.5. The summed E-state index contributed by atoms with van der Waals surface area (Å²) in [6.07, 6.45) is 4.78. The molecule has 0 aliphatic heterocycles. The highest BCUT2D eigenvalue weighted by Crippen LogP contribution is 2.40. The molecule has 0 aliphatic carbocycles. The number of aromatic nitrogens is 2. The van der Waals surface area contributed by atoms with Crippen molar-refractivity contribution < 1.29 is 9.53 Å². The number of hydrogen-bond acceptors (Lipinski definition) is 3. The topological polar surface area (TPSA) is 44.1 Å². The second-order valence-electron chi connectivity index (χ2n) is 7.39. The average molecular weight is 411 g/mol. The molecular formula is C27H26N2O2. The Hall–Kier alpha value is -3.66. The van der Waals surface area contributed by atoms with E-state index in [2.05, 4.69) is 82.3 Å². The quantitative estimate of drug-likeness (QED) is 0.295. The van der Waals surface area contributed by atoms with Crippen molar-refractivity contribution in [1.29, 1.82) is 0 Å². The average Bonchev–Trinajstić information content (AvgIpc) is 3.30. The molecule has 4 nitrogen and oxygen atoms in total. The Morgan fingerprint density at radius 1 is 0.839 bits per heavy atom. The van der Waals surface area contributed by atoms with E-state index in [1.165, 1.54) is 0 Å². The molecule has 156 valence electrons. The van der Waals surface area contributed by atoms with E-state index in [1.54, 1.807) is 0 Å². The van der Waals surface area contributed by atoms with Gasteiger partial charge in [-0.15, -0.1) is 0 Å². The summed E-state index contributed by atoms with van der Waals surface area (Å²) in [5, 5.41) is 0. The lowest BCUT2D eigenvalue weighted by molar-refractivity contribution is -0.143. The van der Waals surface area contributed by atoms with E-state index < -0.39 is 5.54 Å². The van der Waals surface area contributed by atoms with Crippen LogP contribution in [-0.2, 0) is 21.5 Å². The molecule has 1 heterocycles. The molecule has 3 aromatic carbocycles. The minimum absolute atomic E-state index is 0.197. The Balaban J connectivity index is 1.87. The van der Waals surface area contributed by atoms with E-state index in [4.69, 9.17) is 4.74 Å². The maximum absolute atomic E-state index is 11.8. The highest BCUT2D eigenvalue weighted by Gasteiger charge is 2.38. The first-order chi connectivity index (χ1) is 15.2. The highest BCUT2D eigenvalue weighted by atomic mass is 16.5. The van der Waals surface area contributed by atoms with Crippen molar-refractivity contribution >= 4 is 5.97 Å². The molecule has 4 rings (SSSR count). The minimum atomic E-state index is -0.584. The number of benzene rings is 3. The van der Waals surface area contributed by atoms with Gasteiger partial charge in [0.25, 0.3) is 0 Å². The molecule has 0 radical (unpaired) electrons. The number of carbonyl (C=O) groups is 1. The number of aryl methyl sites for hydroxylation is 1. The lowest BCUT2D eigenvalue weighted by atomic mass is 9.77. The predicted octanol–water partition coefficient (Wildman–Crippen LogP) is 5.22. The monoisotopic (exact) mass is 410 g/mol. The summed E-state index contributed by atoms with van der Waals surface area (Å²) in [5.41, 5.74) is 3.70. The second kappa shape index (κ2) is 9.43. The van der Waals surface area contributed by atoms with Crippen LogP contribution in [0.25, 0.3) is 0 Å². The molecule has 0 spiro atoms. The molecule has 0 amide bonds. The number of ether oxygens (including phenoxy) is 1. The fourth-order valence-corrected chi connectivity index (χ4v) is 4.12. The SMILES string of the molecule is CCOC(=O)CCc1cn(C(c2ccccc2)(c2ccccc2)c2ccccc2)cn1. The van der Waals surface area contributed by atoms with Gasteiger partial charge < -0.3 is 9.30 Å². The second-order valence-corrected chi connectivity index (χ2v) is 7.39. The first-order valence-corrected chi connectivity index (χ1v) is 10.6. The Bertz CT molecular complexity index is 1010. The van der Waals surface area contributed by atoms with Gasteiger partial charge in [-0.25, -0.2) is 4.98 Å². The van der Waals surface area contributed by atoms with Gasteiger partial charge in [0.1, 0.15) is 5.54 Å². The Kier molecular flexibility index (Phi) is 6.27. The third-order valence-electron chi connectivity index (χ3n) is 5.49. The van der Waals surface area contributed by atoms with Crippen molar-refractivity contribution in [2.24, 2.45) is 0 Å². The lowest BCUT2D eigenvalue weighted by Crippen LogP contribution is -2.36. The molecule has 0 N–H and O–H groups in total. The van der Waals surface area contributed by atoms with Crippen LogP contribution < -0.4 is 0 Å². The number of imidazole rings is 1. The number of hydrogen-bond donors (Lipinski definition) is 0. The van der Waals surface area contributed by atoms with E-state index >= 15 is 0 Å². The van der Waals surface area contributed by atoms with Gasteiger partial charge in [0.05, 0.1) is 25.0 Å². The molecule has 31 heavy (non-hydrogen) atoms. The minimum Gasteiger partial charge on any atom is -0.466 e. The molecule has 0 unspecified atom stereocenters. The van der Waals surface area contributed by atoms with Crippen molar-refractivity contribution in [1.82, 2.24) is 9.55 Å². The molecule has 0 aliphatic rings. The largest absolute Gasteiger partial charge is 0.466 e. The molecular weight excluding hydrogens is 384 g/mol. The summed E-state index contributed by atoms with van der Waals surface area (Å²) in [6.45, 7) is 2.22. The van der Waals surface area contributed by atoms with E-state index in [1.807, 2.05) is 37.6 Å². The Labute approximate surface area is 183 Å². The van der Waals surface area contributed by atoms with Gasteiger partial charge >= 0.3 is 5.97 Å². The summed E-state index contributed by atoms with van der Waals surface area (Å²) in [6, 6.07) is 31.4. The van der Waals surface area contributed by atoms with Gasteiger partial charge in [-0.05, 0) is 23.6 Å². The van der Waals surface area contributed by atoms with Crippen molar-refractivity contribution in [2.45, 2.75) is 25.3 Å². The van der Waals surface area contributed by atoms with Crippen LogP contribution in [-0.4, -0.2) is 22.1 Å². The zero-order chi connectivity index (χ0) is 21.5. The van der Waals surface area contributed by atoms with Gasteiger partial charge in [0.15, 0.2) is 0 Å². The van der Waals surface area contributed by atoms with E-state index in [9.17, 15) is 4.79 Å². The van der Waals surface area contributed by atoms with Gasteiger partial charge in [-0.2, -0.15) is 0 Å². The molecule has 0 bridgehead atoms. The molecule has 0 atom stereocenters. The van der Waals surface area contributed by atoms with Crippen LogP contribution in [0.2, 0.25) is 0 Å². The smallest absolute Gasteiger partial charge is 0.306 e. The van der Waals surface area contributed by atoms with E-state index in [0.29, 0.717) is 19.4 Å². The van der Waals surface area contributed by atoms with Crippen LogP contribution in [0.5, 0.6) is 0 Å². The maximum atomic E-state index is 11.8. The molecule has 0 saturated heterocycles. The third-order valence-corrected chi connectivity index (χ3v) is 5.49. The zero-order valence-electron chi connectivity index (χ0n) is 17.6. The van der Waals surface area contributed by atoms with Crippen LogP contribution in [0.1, 0.15) is 35.7 Å². The summed E-state index contributed by atoms with van der Waals surface area (Å²) in [7, 11) is 0. The number of esters is 1. The zero-order valence-corrected chi connectivity index (χ0v) is 17.6. The Morgan fingerprint density at radius 3 is 1.77 bits per heavy atom. The third kappa shape index (κ3) is 4.15. The van der Waals surface area contributed by atoms with Crippen molar-refractivity contribution in [3.63, 3.8) is 0 Å². The fourth-order valence-electron chi connectivity index (χ4n) is 4.12. The summed E-state index contributed by atoms with van der Waals surface area (Å²) < 4.78 is 7.23. The molecule has 4 aromatic rings. The van der Waals surface area contributed by atoms with Crippen LogP contribution >= 0.6 is 0 Å². The van der Waals surface area contributed by atoms with E-state index in [0.717, 1.165) is 22.4 Å². The standard InChI is InChI=1S/C27H26N2O2/c1-2-31-26(30)19-18-25-20-29(21-28-25)27(22-12-6-3-7-13-22,23-14-8-4-9-15-23)24-16-10-5-11-17-24/h3-17,20-21H,2,18-19H2,1H3.